The molecule has 0 aromatic carbocycles. The lowest BCUT2D eigenvalue weighted by atomic mass is 10.2. The van der Waals surface area contributed by atoms with Crippen molar-refractivity contribution < 1.29 is 9.59 Å². The number of rotatable bonds is 10. The molecular formula is C17H28N4O2. The minimum Gasteiger partial charge on any atom is -0.321 e. The summed E-state index contributed by atoms with van der Waals surface area (Å²) in [5.41, 5.74) is 0.882. The lowest BCUT2D eigenvalue weighted by Gasteiger charge is -2.30. The molecule has 2 amide bonds. The van der Waals surface area contributed by atoms with Gasteiger partial charge in [0.15, 0.2) is 0 Å². The highest BCUT2D eigenvalue weighted by Crippen LogP contribution is 2.06. The van der Waals surface area contributed by atoms with E-state index < -0.39 is 0 Å². The van der Waals surface area contributed by atoms with Crippen molar-refractivity contribution in [3.8, 4) is 0 Å². The Labute approximate surface area is 139 Å². The first-order valence-corrected chi connectivity index (χ1v) is 7.55. The third kappa shape index (κ3) is 8.09. The normalized spacial score (nSPS) is 11.0. The molecule has 0 unspecified atom stereocenters. The molecule has 0 saturated heterocycles. The van der Waals surface area contributed by atoms with Crippen molar-refractivity contribution in [1.29, 1.82) is 0 Å². The zero-order valence-corrected chi connectivity index (χ0v) is 14.7. The van der Waals surface area contributed by atoms with Crippen molar-refractivity contribution in [3.05, 3.63) is 24.3 Å². The largest absolute Gasteiger partial charge is 0.321 e. The van der Waals surface area contributed by atoms with Gasteiger partial charge in [-0.05, 0) is 26.7 Å². The monoisotopic (exact) mass is 320 g/mol. The number of hydrogen-bond acceptors (Lipinski definition) is 4. The second-order valence-corrected chi connectivity index (χ2v) is 5.30. The van der Waals surface area contributed by atoms with Crippen molar-refractivity contribution in [3.63, 3.8) is 0 Å². The smallest absolute Gasteiger partial charge is 0.250 e. The van der Waals surface area contributed by atoms with E-state index in [-0.39, 0.29) is 18.5 Å². The number of carbonyl (C=O) groups is 2. The molecule has 0 aromatic rings. The highest BCUT2D eigenvalue weighted by molar-refractivity contribution is 5.94. The minimum absolute atomic E-state index is 0.168. The summed E-state index contributed by atoms with van der Waals surface area (Å²) in [6.07, 6.45) is 4.74. The fourth-order valence-corrected chi connectivity index (χ4v) is 1.90. The van der Waals surface area contributed by atoms with Gasteiger partial charge in [0, 0.05) is 50.8 Å². The van der Waals surface area contributed by atoms with Crippen LogP contribution in [0.1, 0.15) is 26.7 Å². The van der Waals surface area contributed by atoms with Crippen LogP contribution in [0.2, 0.25) is 0 Å². The van der Waals surface area contributed by atoms with Crippen molar-refractivity contribution in [1.82, 2.24) is 9.80 Å². The van der Waals surface area contributed by atoms with Crippen molar-refractivity contribution in [2.75, 3.05) is 33.9 Å². The van der Waals surface area contributed by atoms with Crippen LogP contribution < -0.4 is 0 Å². The maximum atomic E-state index is 12.3. The number of carbonyl (C=O) groups excluding carboxylic acids is 2. The van der Waals surface area contributed by atoms with E-state index in [1.165, 1.54) is 0 Å². The molecule has 0 spiro atoms. The van der Waals surface area contributed by atoms with Gasteiger partial charge in [-0.25, -0.2) is 0 Å². The summed E-state index contributed by atoms with van der Waals surface area (Å²) < 4.78 is 0. The van der Waals surface area contributed by atoms with Crippen LogP contribution in [-0.4, -0.2) is 67.9 Å². The molecule has 0 aliphatic heterocycles. The first kappa shape index (κ1) is 20.8. The molecule has 0 heterocycles. The Bertz CT molecular complexity index is 451. The SMILES string of the molecule is C=C(C)C(=O)N(CCC=NC)CN(CCC=NC)C(=O)C(=C)C. The molecule has 6 nitrogen and oxygen atoms in total. The average Bonchev–Trinajstić information content (AvgIpc) is 2.51. The Morgan fingerprint density at radius 2 is 1.22 bits per heavy atom. The topological polar surface area (TPSA) is 65.3 Å². The maximum Gasteiger partial charge on any atom is 0.250 e. The molecule has 0 radical (unpaired) electrons. The standard InChI is InChI=1S/C17H28N4O2/c1-14(2)16(22)20(11-7-9-18-5)13-21(12-8-10-19-6)17(23)15(3)4/h9-10H,1,3,7-8,11-13H2,2,4-6H3. The van der Waals surface area contributed by atoms with E-state index in [4.69, 9.17) is 0 Å². The van der Waals surface area contributed by atoms with Crippen LogP contribution >= 0.6 is 0 Å². The molecule has 0 rings (SSSR count). The van der Waals surface area contributed by atoms with Gasteiger partial charge in [0.05, 0.1) is 6.67 Å². The van der Waals surface area contributed by atoms with Crippen molar-refractivity contribution in [2.45, 2.75) is 26.7 Å². The van der Waals surface area contributed by atoms with Gasteiger partial charge in [0.2, 0.25) is 11.8 Å². The van der Waals surface area contributed by atoms with Crippen LogP contribution in [0.25, 0.3) is 0 Å². The zero-order valence-electron chi connectivity index (χ0n) is 14.7. The molecule has 0 saturated carbocycles. The van der Waals surface area contributed by atoms with Gasteiger partial charge in [-0.2, -0.15) is 0 Å². The molecule has 0 aliphatic carbocycles. The number of amides is 2. The van der Waals surface area contributed by atoms with E-state index in [2.05, 4.69) is 23.1 Å². The van der Waals surface area contributed by atoms with E-state index in [1.54, 1.807) is 50.2 Å². The fraction of sp³-hybridized carbons (Fsp3) is 0.529. The average molecular weight is 320 g/mol. The van der Waals surface area contributed by atoms with Crippen LogP contribution in [0.3, 0.4) is 0 Å². The van der Waals surface area contributed by atoms with Crippen LogP contribution in [0.15, 0.2) is 34.3 Å². The summed E-state index contributed by atoms with van der Waals surface area (Å²) >= 11 is 0. The molecule has 0 N–H and O–H groups in total. The predicted octanol–water partition coefficient (Wildman–Crippen LogP) is 1.93. The van der Waals surface area contributed by atoms with E-state index in [9.17, 15) is 9.59 Å². The summed E-state index contributed by atoms with van der Waals surface area (Å²) in [5, 5.41) is 0. The summed E-state index contributed by atoms with van der Waals surface area (Å²) in [4.78, 5) is 35.6. The number of hydrogen-bond donors (Lipinski definition) is 0. The lowest BCUT2D eigenvalue weighted by molar-refractivity contribution is -0.135. The van der Waals surface area contributed by atoms with Gasteiger partial charge in [-0.3, -0.25) is 9.59 Å². The molecule has 128 valence electrons. The number of nitrogens with zero attached hydrogens (tertiary/aromatic N) is 4. The van der Waals surface area contributed by atoms with E-state index in [1.807, 2.05) is 0 Å². The Morgan fingerprint density at radius 1 is 0.870 bits per heavy atom. The highest BCUT2D eigenvalue weighted by Gasteiger charge is 2.21. The van der Waals surface area contributed by atoms with Crippen molar-refractivity contribution in [2.24, 2.45) is 9.98 Å². The molecule has 0 aliphatic rings. The van der Waals surface area contributed by atoms with Crippen LogP contribution in [0.5, 0.6) is 0 Å². The number of aliphatic imine (C=N–C) groups is 2. The second-order valence-electron chi connectivity index (χ2n) is 5.30. The van der Waals surface area contributed by atoms with Crippen LogP contribution in [-0.2, 0) is 9.59 Å². The van der Waals surface area contributed by atoms with Gasteiger partial charge >= 0.3 is 0 Å². The molecule has 0 fully saturated rings. The second kappa shape index (κ2) is 11.3. The lowest BCUT2D eigenvalue weighted by Crippen LogP contribution is -2.45. The fourth-order valence-electron chi connectivity index (χ4n) is 1.90. The third-order valence-corrected chi connectivity index (χ3v) is 3.07. The highest BCUT2D eigenvalue weighted by atomic mass is 16.2. The maximum absolute atomic E-state index is 12.3. The molecule has 6 heteroatoms. The van der Waals surface area contributed by atoms with E-state index in [0.717, 1.165) is 0 Å². The Morgan fingerprint density at radius 3 is 1.48 bits per heavy atom. The van der Waals surface area contributed by atoms with Crippen LogP contribution in [0, 0.1) is 0 Å². The summed E-state index contributed by atoms with van der Waals surface area (Å²) in [6, 6.07) is 0. The first-order chi connectivity index (χ1) is 10.8. The quantitative estimate of drug-likeness (QED) is 0.351. The van der Waals surface area contributed by atoms with E-state index in [0.29, 0.717) is 37.1 Å². The van der Waals surface area contributed by atoms with Gasteiger partial charge in [-0.15, -0.1) is 0 Å². The Kier molecular flexibility index (Phi) is 10.2. The summed E-state index contributed by atoms with van der Waals surface area (Å²) in [7, 11) is 3.37. The molecular weight excluding hydrogens is 292 g/mol. The van der Waals surface area contributed by atoms with Gasteiger partial charge in [-0.1, -0.05) is 13.2 Å². The third-order valence-electron chi connectivity index (χ3n) is 3.07. The van der Waals surface area contributed by atoms with Gasteiger partial charge in [0.25, 0.3) is 0 Å². The molecule has 0 aromatic heterocycles. The Balaban J connectivity index is 5.13. The Hall–Kier alpha value is -2.24. The molecule has 0 bridgehead atoms. The van der Waals surface area contributed by atoms with Crippen LogP contribution in [0.4, 0.5) is 0 Å². The molecule has 23 heavy (non-hydrogen) atoms. The van der Waals surface area contributed by atoms with Crippen molar-refractivity contribution >= 4 is 24.2 Å². The predicted molar refractivity (Wildman–Crippen MR) is 96.0 cm³/mol. The van der Waals surface area contributed by atoms with E-state index >= 15 is 0 Å². The first-order valence-electron chi connectivity index (χ1n) is 7.55. The molecule has 0 atom stereocenters. The summed E-state index contributed by atoms with van der Waals surface area (Å²) in [6.45, 7) is 11.9. The minimum atomic E-state index is -0.168. The van der Waals surface area contributed by atoms with Gasteiger partial charge in [0.1, 0.15) is 0 Å². The van der Waals surface area contributed by atoms with Gasteiger partial charge < -0.3 is 19.8 Å². The zero-order chi connectivity index (χ0) is 17.8. The summed E-state index contributed by atoms with van der Waals surface area (Å²) in [5.74, 6) is -0.337.